The fourth-order valence-electron chi connectivity index (χ4n) is 4.93. The van der Waals surface area contributed by atoms with Gasteiger partial charge in [0.15, 0.2) is 0 Å². The van der Waals surface area contributed by atoms with E-state index in [-0.39, 0.29) is 59.5 Å². The Morgan fingerprint density at radius 1 is 1.42 bits per heavy atom. The Bertz CT molecular complexity index is 934. The molecule has 3 aliphatic heterocycles. The number of hydrogen-bond acceptors (Lipinski definition) is 7. The number of nitrogens with one attached hydrogen (secondary N) is 2. The van der Waals surface area contributed by atoms with Gasteiger partial charge in [-0.2, -0.15) is 5.10 Å². The van der Waals surface area contributed by atoms with Gasteiger partial charge in [-0.25, -0.2) is 0 Å². The lowest BCUT2D eigenvalue weighted by Gasteiger charge is -2.47. The monoisotopic (exact) mass is 475 g/mol. The van der Waals surface area contributed by atoms with Crippen LogP contribution in [0.25, 0.3) is 0 Å². The van der Waals surface area contributed by atoms with E-state index in [4.69, 9.17) is 5.73 Å². The lowest BCUT2D eigenvalue weighted by molar-refractivity contribution is -0.153. The number of amides is 3. The summed E-state index contributed by atoms with van der Waals surface area (Å²) < 4.78 is 1.62. The number of hydrogen-bond donors (Lipinski definition) is 3. The number of likely N-dealkylation sites (N-methyl/N-ethyl adjacent to an activating group) is 1. The van der Waals surface area contributed by atoms with Crippen molar-refractivity contribution in [2.45, 2.75) is 56.2 Å². The number of nitrogens with zero attached hydrogens (tertiary/aromatic N) is 4. The zero-order chi connectivity index (χ0) is 23.9. The minimum Gasteiger partial charge on any atom is -0.351 e. The number of carbonyl (C=O) groups excluding carboxylic acids is 3. The number of thioether (sulfide) groups is 1. The standard InChI is InChI=1S/C22H33N7O3S/c1-12-17(33-14-8-16(24-9-14)21(31)27(3)4)11-29-19(12)18(22(29)32)13(2)26-20(30)15(23)10-28-7-5-6-25-28/h5-7,11-16,18-19,24H,8-10,23H2,1-4H3,(H,26,30)/t12-,13+,14-,15?,16-,18+,19+/m0/s1. The van der Waals surface area contributed by atoms with Crippen LogP contribution in [0.3, 0.4) is 0 Å². The van der Waals surface area contributed by atoms with Crippen LogP contribution >= 0.6 is 11.8 Å². The van der Waals surface area contributed by atoms with Crippen LogP contribution in [-0.4, -0.2) is 87.4 Å². The van der Waals surface area contributed by atoms with E-state index < -0.39 is 6.04 Å². The van der Waals surface area contributed by atoms with Crippen molar-refractivity contribution in [3.63, 3.8) is 0 Å². The first-order valence-electron chi connectivity index (χ1n) is 11.4. The van der Waals surface area contributed by atoms with Gasteiger partial charge in [0.2, 0.25) is 17.7 Å². The van der Waals surface area contributed by atoms with Gasteiger partial charge in [0, 0.05) is 61.3 Å². The molecule has 11 heteroatoms. The second-order valence-electron chi connectivity index (χ2n) is 9.38. The Morgan fingerprint density at radius 2 is 2.18 bits per heavy atom. The van der Waals surface area contributed by atoms with Gasteiger partial charge < -0.3 is 26.2 Å². The van der Waals surface area contributed by atoms with E-state index in [1.165, 1.54) is 0 Å². The molecule has 7 atom stereocenters. The number of carbonyl (C=O) groups is 3. The third kappa shape index (κ3) is 4.67. The average Bonchev–Trinajstić information content (AvgIpc) is 3.49. The molecule has 33 heavy (non-hydrogen) atoms. The van der Waals surface area contributed by atoms with Gasteiger partial charge in [-0.1, -0.05) is 6.92 Å². The second kappa shape index (κ2) is 9.47. The van der Waals surface area contributed by atoms with Gasteiger partial charge in [-0.15, -0.1) is 11.8 Å². The molecule has 1 aromatic rings. The molecule has 0 radical (unpaired) electrons. The van der Waals surface area contributed by atoms with Crippen molar-refractivity contribution >= 4 is 29.5 Å². The Morgan fingerprint density at radius 3 is 2.85 bits per heavy atom. The molecule has 10 nitrogen and oxygen atoms in total. The van der Waals surface area contributed by atoms with Crippen molar-refractivity contribution in [1.29, 1.82) is 0 Å². The topological polar surface area (TPSA) is 126 Å². The van der Waals surface area contributed by atoms with Crippen molar-refractivity contribution in [1.82, 2.24) is 30.2 Å². The van der Waals surface area contributed by atoms with E-state index in [2.05, 4.69) is 22.7 Å². The van der Waals surface area contributed by atoms with E-state index in [1.54, 1.807) is 58.8 Å². The van der Waals surface area contributed by atoms with Crippen molar-refractivity contribution < 1.29 is 14.4 Å². The first kappa shape index (κ1) is 23.8. The third-order valence-electron chi connectivity index (χ3n) is 6.78. The molecular weight excluding hydrogens is 442 g/mol. The first-order valence-corrected chi connectivity index (χ1v) is 12.2. The Kier molecular flexibility index (Phi) is 6.83. The largest absolute Gasteiger partial charge is 0.351 e. The van der Waals surface area contributed by atoms with E-state index in [1.807, 2.05) is 13.1 Å². The second-order valence-corrected chi connectivity index (χ2v) is 10.8. The maximum atomic E-state index is 12.8. The minimum absolute atomic E-state index is 0.0288. The molecule has 1 unspecified atom stereocenters. The van der Waals surface area contributed by atoms with Crippen LogP contribution in [0.5, 0.6) is 0 Å². The molecule has 0 bridgehead atoms. The summed E-state index contributed by atoms with van der Waals surface area (Å²) in [6, 6.07) is 0.608. The highest BCUT2D eigenvalue weighted by Gasteiger charge is 2.56. The summed E-state index contributed by atoms with van der Waals surface area (Å²) >= 11 is 1.76. The summed E-state index contributed by atoms with van der Waals surface area (Å²) in [6.07, 6.45) is 6.13. The first-order chi connectivity index (χ1) is 15.7. The van der Waals surface area contributed by atoms with Gasteiger partial charge in [0.1, 0.15) is 6.04 Å². The van der Waals surface area contributed by atoms with Crippen molar-refractivity contribution in [3.8, 4) is 0 Å². The summed E-state index contributed by atoms with van der Waals surface area (Å²) in [7, 11) is 3.54. The summed E-state index contributed by atoms with van der Waals surface area (Å²) in [4.78, 5) is 42.2. The number of nitrogens with two attached hydrogens (primary N) is 1. The highest BCUT2D eigenvalue weighted by Crippen LogP contribution is 2.48. The summed E-state index contributed by atoms with van der Waals surface area (Å²) in [5.41, 5.74) is 6.03. The van der Waals surface area contributed by atoms with Crippen molar-refractivity contribution in [3.05, 3.63) is 29.6 Å². The maximum absolute atomic E-state index is 12.8. The summed E-state index contributed by atoms with van der Waals surface area (Å²) in [5, 5.41) is 10.6. The van der Waals surface area contributed by atoms with Crippen LogP contribution in [0.1, 0.15) is 20.3 Å². The predicted octanol–water partition coefficient (Wildman–Crippen LogP) is -0.415. The normalized spacial score (nSPS) is 30.3. The zero-order valence-electron chi connectivity index (χ0n) is 19.5. The molecule has 0 aromatic carbocycles. The molecule has 2 saturated heterocycles. The fraction of sp³-hybridized carbons (Fsp3) is 0.636. The number of rotatable bonds is 8. The highest BCUT2D eigenvalue weighted by atomic mass is 32.2. The van der Waals surface area contributed by atoms with Crippen LogP contribution in [-0.2, 0) is 20.9 Å². The predicted molar refractivity (Wildman–Crippen MR) is 126 cm³/mol. The summed E-state index contributed by atoms with van der Waals surface area (Å²) in [6.45, 7) is 5.05. The Labute approximate surface area is 198 Å². The summed E-state index contributed by atoms with van der Waals surface area (Å²) in [5.74, 6) is -0.258. The minimum atomic E-state index is -0.739. The van der Waals surface area contributed by atoms with E-state index in [0.717, 1.165) is 17.9 Å². The van der Waals surface area contributed by atoms with Crippen molar-refractivity contribution in [2.75, 3.05) is 20.6 Å². The number of β-lactam (4-membered cyclic amide) rings is 1. The number of aromatic nitrogens is 2. The SMILES string of the molecule is C[C@@H](NC(=O)C(N)Cn1cccn1)[C@H]1C(=O)N2C=C(S[C@@H]3CN[C@H](C(=O)N(C)C)C3)[C@H](C)[C@H]12. The molecule has 1 aromatic heterocycles. The lowest BCUT2D eigenvalue weighted by Crippen LogP contribution is -2.65. The quantitative estimate of drug-likeness (QED) is 0.436. The van der Waals surface area contributed by atoms with Gasteiger partial charge in [-0.05, 0) is 19.4 Å². The van der Waals surface area contributed by atoms with Crippen molar-refractivity contribution in [2.24, 2.45) is 17.6 Å². The molecule has 4 rings (SSSR count). The smallest absolute Gasteiger partial charge is 0.239 e. The van der Waals surface area contributed by atoms with Gasteiger partial charge in [-0.3, -0.25) is 19.1 Å². The van der Waals surface area contributed by atoms with Crippen LogP contribution in [0.15, 0.2) is 29.6 Å². The average molecular weight is 476 g/mol. The van der Waals surface area contributed by atoms with Gasteiger partial charge in [0.05, 0.1) is 24.5 Å². The molecule has 180 valence electrons. The molecule has 4 N–H and O–H groups in total. The molecule has 0 saturated carbocycles. The van der Waals surface area contributed by atoms with Crippen LogP contribution in [0.4, 0.5) is 0 Å². The maximum Gasteiger partial charge on any atom is 0.239 e. The Hall–Kier alpha value is -2.37. The highest BCUT2D eigenvalue weighted by molar-refractivity contribution is 8.03. The van der Waals surface area contributed by atoms with Crippen LogP contribution in [0, 0.1) is 11.8 Å². The zero-order valence-corrected chi connectivity index (χ0v) is 20.3. The molecule has 3 aliphatic rings. The molecule has 3 amide bonds. The molecule has 0 spiro atoms. The molecule has 0 aliphatic carbocycles. The van der Waals surface area contributed by atoms with E-state index >= 15 is 0 Å². The third-order valence-corrected chi connectivity index (χ3v) is 8.22. The number of fused-ring (bicyclic) bond motifs is 1. The Balaban J connectivity index is 1.31. The lowest BCUT2D eigenvalue weighted by atomic mass is 9.78. The van der Waals surface area contributed by atoms with Crippen LogP contribution < -0.4 is 16.4 Å². The molecular formula is C22H33N7O3S. The van der Waals surface area contributed by atoms with Crippen LogP contribution in [0.2, 0.25) is 0 Å². The van der Waals surface area contributed by atoms with Gasteiger partial charge in [0.25, 0.3) is 0 Å². The van der Waals surface area contributed by atoms with Gasteiger partial charge >= 0.3 is 0 Å². The fourth-order valence-corrected chi connectivity index (χ4v) is 6.31. The van der Waals surface area contributed by atoms with E-state index in [0.29, 0.717) is 0 Å². The molecule has 4 heterocycles. The van der Waals surface area contributed by atoms with E-state index in [9.17, 15) is 14.4 Å². The molecule has 2 fully saturated rings.